The van der Waals surface area contributed by atoms with Crippen LogP contribution in [-0.2, 0) is 0 Å². The first-order valence-corrected chi connectivity index (χ1v) is 12.9. The first kappa shape index (κ1) is 28.0. The lowest BCUT2D eigenvalue weighted by atomic mass is 9.76. The van der Waals surface area contributed by atoms with E-state index in [-0.39, 0.29) is 24.3 Å². The molecule has 1 aliphatic heterocycles. The molecule has 38 heavy (non-hydrogen) atoms. The molecule has 8 heteroatoms. The highest BCUT2D eigenvalue weighted by molar-refractivity contribution is 5.43. The Morgan fingerprint density at radius 1 is 0.868 bits per heavy atom. The number of halogens is 3. The number of methoxy groups -OCH3 is 1. The molecular weight excluding hydrogens is 495 g/mol. The first-order valence-electron chi connectivity index (χ1n) is 12.9. The minimum absolute atomic E-state index is 0.143. The van der Waals surface area contributed by atoms with Crippen LogP contribution in [0.5, 0.6) is 11.5 Å². The monoisotopic (exact) mass is 529 g/mol. The van der Waals surface area contributed by atoms with Crippen molar-refractivity contribution in [1.29, 1.82) is 0 Å². The van der Waals surface area contributed by atoms with Crippen LogP contribution in [0.3, 0.4) is 0 Å². The molecule has 2 atom stereocenters. The molecule has 0 aliphatic carbocycles. The molecule has 0 amide bonds. The van der Waals surface area contributed by atoms with Crippen LogP contribution in [0.25, 0.3) is 0 Å². The summed E-state index contributed by atoms with van der Waals surface area (Å²) in [5.41, 5.74) is 2.16. The third-order valence-electron chi connectivity index (χ3n) is 7.26. The van der Waals surface area contributed by atoms with Gasteiger partial charge in [0.2, 0.25) is 0 Å². The van der Waals surface area contributed by atoms with Crippen molar-refractivity contribution in [2.75, 3.05) is 40.0 Å². The molecule has 1 saturated heterocycles. The summed E-state index contributed by atoms with van der Waals surface area (Å²) < 4.78 is 52.5. The molecule has 5 nitrogen and oxygen atoms in total. The molecule has 2 unspecified atom stereocenters. The second kappa shape index (κ2) is 13.1. The second-order valence-electron chi connectivity index (χ2n) is 9.69. The number of benzene rings is 3. The van der Waals surface area contributed by atoms with E-state index in [9.17, 15) is 18.3 Å². The number of piperidine rings is 1. The van der Waals surface area contributed by atoms with Crippen LogP contribution in [0, 0.1) is 23.4 Å². The van der Waals surface area contributed by atoms with Crippen LogP contribution < -0.4 is 9.47 Å². The normalized spacial score (nSPS) is 16.3. The smallest absolute Gasteiger partial charge is 0.161 e. The summed E-state index contributed by atoms with van der Waals surface area (Å²) in [5.74, 6) is -0.923. The molecule has 0 spiro atoms. The maximum Gasteiger partial charge on any atom is 0.161 e. The molecule has 1 fully saturated rings. The molecule has 0 radical (unpaired) electrons. The van der Waals surface area contributed by atoms with E-state index in [2.05, 4.69) is 4.90 Å². The van der Waals surface area contributed by atoms with Crippen molar-refractivity contribution in [3.63, 3.8) is 0 Å². The van der Waals surface area contributed by atoms with Gasteiger partial charge in [-0.25, -0.2) is 13.2 Å². The van der Waals surface area contributed by atoms with Gasteiger partial charge in [0.05, 0.1) is 20.3 Å². The largest absolute Gasteiger partial charge is 0.493 e. The molecule has 1 aliphatic rings. The Labute approximate surface area is 221 Å². The van der Waals surface area contributed by atoms with Gasteiger partial charge in [0, 0.05) is 12.5 Å². The van der Waals surface area contributed by atoms with Crippen molar-refractivity contribution in [1.82, 2.24) is 4.90 Å². The Morgan fingerprint density at radius 2 is 1.55 bits per heavy atom. The molecule has 0 saturated carbocycles. The summed E-state index contributed by atoms with van der Waals surface area (Å²) in [6.45, 7) is 2.70. The zero-order valence-corrected chi connectivity index (χ0v) is 21.5. The van der Waals surface area contributed by atoms with Gasteiger partial charge in [-0.3, -0.25) is 0 Å². The highest BCUT2D eigenvalue weighted by Crippen LogP contribution is 2.38. The number of ether oxygens (including phenoxy) is 2. The topological polar surface area (TPSA) is 62.2 Å². The van der Waals surface area contributed by atoms with Crippen molar-refractivity contribution < 1.29 is 32.9 Å². The van der Waals surface area contributed by atoms with E-state index in [1.165, 1.54) is 25.3 Å². The van der Waals surface area contributed by atoms with E-state index in [0.29, 0.717) is 29.2 Å². The molecule has 204 valence electrons. The predicted molar refractivity (Wildman–Crippen MR) is 139 cm³/mol. The number of aliphatic hydroxyl groups excluding tert-OH is 2. The molecule has 2 N–H and O–H groups in total. The maximum atomic E-state index is 14.1. The van der Waals surface area contributed by atoms with Crippen molar-refractivity contribution >= 4 is 0 Å². The maximum absolute atomic E-state index is 14.1. The third kappa shape index (κ3) is 6.87. The number of hydrogen-bond acceptors (Lipinski definition) is 5. The molecule has 0 aromatic heterocycles. The lowest BCUT2D eigenvalue weighted by Crippen LogP contribution is -2.37. The highest BCUT2D eigenvalue weighted by Gasteiger charge is 2.29. The summed E-state index contributed by atoms with van der Waals surface area (Å²) in [4.78, 5) is 2.37. The molecule has 3 aromatic carbocycles. The highest BCUT2D eigenvalue weighted by atomic mass is 19.2. The van der Waals surface area contributed by atoms with Crippen LogP contribution in [0.15, 0.2) is 60.7 Å². The zero-order chi connectivity index (χ0) is 27.1. The number of rotatable bonds is 11. The van der Waals surface area contributed by atoms with Crippen LogP contribution in [0.1, 0.15) is 48.0 Å². The standard InChI is InChI=1S/C30H34F3NO4/c1-37-29-18-22(27(36)19-35)6-10-28(29)38-16-2-13-34-14-11-21(12-15-34)30(20-3-7-24(31)8-4-20)23-5-9-25(32)26(33)17-23/h3-10,17-18,21,27,30,35-36H,2,11-16,19H2,1H3. The summed E-state index contributed by atoms with van der Waals surface area (Å²) in [6, 6.07) is 15.4. The SMILES string of the molecule is COc1cc(C(O)CO)ccc1OCCCN1CCC(C(c2ccc(F)cc2)c2ccc(F)c(F)c2)CC1. The summed E-state index contributed by atoms with van der Waals surface area (Å²) >= 11 is 0. The van der Waals surface area contributed by atoms with Gasteiger partial charge in [-0.15, -0.1) is 0 Å². The van der Waals surface area contributed by atoms with Crippen LogP contribution in [-0.4, -0.2) is 55.1 Å². The van der Waals surface area contributed by atoms with E-state index >= 15 is 0 Å². The van der Waals surface area contributed by atoms with Gasteiger partial charge < -0.3 is 24.6 Å². The van der Waals surface area contributed by atoms with E-state index in [1.54, 1.807) is 36.4 Å². The Kier molecular flexibility index (Phi) is 9.66. The van der Waals surface area contributed by atoms with Gasteiger partial charge in [0.1, 0.15) is 11.9 Å². The zero-order valence-electron chi connectivity index (χ0n) is 21.5. The van der Waals surface area contributed by atoms with E-state index in [1.807, 2.05) is 0 Å². The number of aliphatic hydroxyl groups is 2. The van der Waals surface area contributed by atoms with Gasteiger partial charge in [0.15, 0.2) is 23.1 Å². The number of nitrogens with zero attached hydrogens (tertiary/aromatic N) is 1. The van der Waals surface area contributed by atoms with Crippen molar-refractivity contribution in [3.8, 4) is 11.5 Å². The fraction of sp³-hybridized carbons (Fsp3) is 0.400. The molecule has 3 aromatic rings. The minimum Gasteiger partial charge on any atom is -0.493 e. The predicted octanol–water partition coefficient (Wildman–Crippen LogP) is 5.45. The fourth-order valence-electron chi connectivity index (χ4n) is 5.21. The molecule has 4 rings (SSSR count). The average Bonchev–Trinajstić information content (AvgIpc) is 2.94. The average molecular weight is 530 g/mol. The van der Waals surface area contributed by atoms with Gasteiger partial charge in [-0.1, -0.05) is 24.3 Å². The van der Waals surface area contributed by atoms with Crippen molar-refractivity contribution in [3.05, 3.63) is 94.8 Å². The number of likely N-dealkylation sites (tertiary alicyclic amines) is 1. The van der Waals surface area contributed by atoms with E-state index in [0.717, 1.165) is 50.5 Å². The third-order valence-corrected chi connectivity index (χ3v) is 7.26. The Morgan fingerprint density at radius 3 is 2.21 bits per heavy atom. The Balaban J connectivity index is 1.32. The lowest BCUT2D eigenvalue weighted by Gasteiger charge is -2.36. The van der Waals surface area contributed by atoms with Gasteiger partial charge in [0.25, 0.3) is 0 Å². The van der Waals surface area contributed by atoms with Crippen LogP contribution in [0.2, 0.25) is 0 Å². The molecule has 1 heterocycles. The summed E-state index contributed by atoms with van der Waals surface area (Å²) in [6.07, 6.45) is 1.60. The van der Waals surface area contributed by atoms with Crippen molar-refractivity contribution in [2.24, 2.45) is 5.92 Å². The van der Waals surface area contributed by atoms with Gasteiger partial charge in [-0.05, 0) is 91.4 Å². The van der Waals surface area contributed by atoms with Crippen LogP contribution in [0.4, 0.5) is 13.2 Å². The molecular formula is C30H34F3NO4. The quantitative estimate of drug-likeness (QED) is 0.324. The Bertz CT molecular complexity index is 1180. The Hall–Kier alpha value is -3.07. The van der Waals surface area contributed by atoms with Gasteiger partial charge >= 0.3 is 0 Å². The van der Waals surface area contributed by atoms with Crippen molar-refractivity contribution in [2.45, 2.75) is 31.3 Å². The second-order valence-corrected chi connectivity index (χ2v) is 9.69. The summed E-state index contributed by atoms with van der Waals surface area (Å²) in [5, 5.41) is 19.0. The van der Waals surface area contributed by atoms with Crippen LogP contribution >= 0.6 is 0 Å². The van der Waals surface area contributed by atoms with Gasteiger partial charge in [-0.2, -0.15) is 0 Å². The van der Waals surface area contributed by atoms with E-state index in [4.69, 9.17) is 14.6 Å². The molecule has 0 bridgehead atoms. The lowest BCUT2D eigenvalue weighted by molar-refractivity contribution is 0.0953. The van der Waals surface area contributed by atoms with E-state index < -0.39 is 17.7 Å². The minimum atomic E-state index is -0.967. The first-order chi connectivity index (χ1) is 18.4. The number of hydrogen-bond donors (Lipinski definition) is 2. The fourth-order valence-corrected chi connectivity index (χ4v) is 5.21. The summed E-state index contributed by atoms with van der Waals surface area (Å²) in [7, 11) is 1.53.